The molecule has 2 aliphatic heterocycles. The van der Waals surface area contributed by atoms with Gasteiger partial charge in [0.1, 0.15) is 11.8 Å². The number of nitrogens with zero attached hydrogens (tertiary/aromatic N) is 1. The first kappa shape index (κ1) is 17.0. The molecule has 3 atom stereocenters. The number of carbonyl (C=O) groups excluding carboxylic acids is 3. The van der Waals surface area contributed by atoms with E-state index in [0.29, 0.717) is 6.42 Å². The maximum atomic E-state index is 12.5. The maximum Gasteiger partial charge on any atom is 0.330 e. The molecule has 0 bridgehead atoms. The average Bonchev–Trinajstić information content (AvgIpc) is 2.81. The van der Waals surface area contributed by atoms with Crippen LogP contribution in [0.4, 0.5) is 0 Å². The van der Waals surface area contributed by atoms with Gasteiger partial charge < -0.3 is 9.64 Å². The summed E-state index contributed by atoms with van der Waals surface area (Å²) in [7, 11) is 1.33. The Morgan fingerprint density at radius 2 is 1.92 bits per heavy atom. The summed E-state index contributed by atoms with van der Waals surface area (Å²) in [5, 5.41) is -0.115. The number of fused-ring (bicyclic) bond motifs is 1. The highest BCUT2D eigenvalue weighted by atomic mass is 32.2. The fourth-order valence-electron chi connectivity index (χ4n) is 3.51. The molecule has 2 heterocycles. The predicted octanol–water partition coefficient (Wildman–Crippen LogP) is 2.04. The molecule has 5 nitrogen and oxygen atoms in total. The molecule has 3 rings (SSSR count). The van der Waals surface area contributed by atoms with Crippen LogP contribution in [-0.4, -0.2) is 45.8 Å². The van der Waals surface area contributed by atoms with Crippen molar-refractivity contribution in [1.82, 2.24) is 4.90 Å². The summed E-state index contributed by atoms with van der Waals surface area (Å²) >= 11 is 1.58. The third kappa shape index (κ3) is 2.83. The van der Waals surface area contributed by atoms with Crippen molar-refractivity contribution in [3.63, 3.8) is 0 Å². The van der Waals surface area contributed by atoms with Gasteiger partial charge in [-0.25, -0.2) is 4.79 Å². The second-order valence-corrected chi connectivity index (χ2v) is 8.57. The van der Waals surface area contributed by atoms with Crippen molar-refractivity contribution in [2.45, 2.75) is 42.9 Å². The molecule has 0 aliphatic carbocycles. The van der Waals surface area contributed by atoms with E-state index in [2.05, 4.69) is 0 Å². The van der Waals surface area contributed by atoms with Crippen LogP contribution < -0.4 is 0 Å². The Labute approximate surface area is 145 Å². The van der Waals surface area contributed by atoms with E-state index in [-0.39, 0.29) is 29.4 Å². The number of rotatable bonds is 5. The SMILES string of the molecule is COC(=O)[C@@H]1N2C(=O)[C@@H](CC(=O)Cc3ccccc3)[C@H]2SC1(C)C. The quantitative estimate of drug-likeness (QED) is 0.602. The van der Waals surface area contributed by atoms with Crippen molar-refractivity contribution in [3.8, 4) is 0 Å². The normalized spacial score (nSPS) is 27.4. The summed E-state index contributed by atoms with van der Waals surface area (Å²) in [6.45, 7) is 3.88. The first-order valence-electron chi connectivity index (χ1n) is 7.98. The van der Waals surface area contributed by atoms with Crippen molar-refractivity contribution in [2.75, 3.05) is 7.11 Å². The fourth-order valence-corrected chi connectivity index (χ4v) is 5.19. The smallest absolute Gasteiger partial charge is 0.330 e. The number of ketones is 1. The van der Waals surface area contributed by atoms with Crippen LogP contribution in [0.5, 0.6) is 0 Å². The average molecular weight is 347 g/mol. The topological polar surface area (TPSA) is 63.7 Å². The van der Waals surface area contributed by atoms with Crippen molar-refractivity contribution in [2.24, 2.45) is 5.92 Å². The van der Waals surface area contributed by atoms with Crippen LogP contribution in [0, 0.1) is 5.92 Å². The molecule has 0 aromatic heterocycles. The third-order valence-corrected chi connectivity index (χ3v) is 6.30. The zero-order chi connectivity index (χ0) is 17.5. The summed E-state index contributed by atoms with van der Waals surface area (Å²) in [5.74, 6) is -0.786. The zero-order valence-corrected chi connectivity index (χ0v) is 14.8. The standard InChI is InChI=1S/C18H21NO4S/c1-18(2)14(17(22)23-3)19-15(21)13(16(19)24-18)10-12(20)9-11-7-5-4-6-8-11/h4-8,13-14,16H,9-10H2,1-3H3/t13-,14+,16-/m1/s1. The molecule has 0 unspecified atom stereocenters. The van der Waals surface area contributed by atoms with Crippen molar-refractivity contribution in [1.29, 1.82) is 0 Å². The summed E-state index contributed by atoms with van der Waals surface area (Å²) in [5.41, 5.74) is 0.956. The number of methoxy groups -OCH3 is 1. The van der Waals surface area contributed by atoms with Gasteiger partial charge in [-0.1, -0.05) is 30.3 Å². The molecule has 0 radical (unpaired) electrons. The number of thioether (sulfide) groups is 1. The molecule has 2 aliphatic rings. The summed E-state index contributed by atoms with van der Waals surface area (Å²) in [4.78, 5) is 38.4. The van der Waals surface area contributed by atoms with Gasteiger partial charge in [-0.05, 0) is 19.4 Å². The van der Waals surface area contributed by atoms with Gasteiger partial charge in [0.05, 0.1) is 18.4 Å². The molecule has 0 spiro atoms. The second-order valence-electron chi connectivity index (χ2n) is 6.79. The molecule has 2 saturated heterocycles. The van der Waals surface area contributed by atoms with E-state index >= 15 is 0 Å². The lowest BCUT2D eigenvalue weighted by Gasteiger charge is -2.43. The minimum Gasteiger partial charge on any atom is -0.467 e. The Bertz CT molecular complexity index is 673. The van der Waals surface area contributed by atoms with Crippen LogP contribution in [0.3, 0.4) is 0 Å². The minimum absolute atomic E-state index is 0.0547. The van der Waals surface area contributed by atoms with Gasteiger partial charge in [0.25, 0.3) is 0 Å². The Morgan fingerprint density at radius 3 is 2.54 bits per heavy atom. The van der Waals surface area contributed by atoms with E-state index in [1.54, 1.807) is 16.7 Å². The van der Waals surface area contributed by atoms with Crippen LogP contribution in [0.25, 0.3) is 0 Å². The van der Waals surface area contributed by atoms with Crippen molar-refractivity contribution >= 4 is 29.4 Å². The van der Waals surface area contributed by atoms with Gasteiger partial charge in [0, 0.05) is 17.6 Å². The van der Waals surface area contributed by atoms with E-state index in [0.717, 1.165) is 5.56 Å². The van der Waals surface area contributed by atoms with E-state index in [9.17, 15) is 14.4 Å². The van der Waals surface area contributed by atoms with Gasteiger partial charge in [-0.2, -0.15) is 0 Å². The number of ether oxygens (including phenoxy) is 1. The van der Waals surface area contributed by atoms with Crippen molar-refractivity contribution in [3.05, 3.63) is 35.9 Å². The highest BCUT2D eigenvalue weighted by molar-refractivity contribution is 8.01. The Balaban J connectivity index is 1.67. The Hall–Kier alpha value is -1.82. The minimum atomic E-state index is -0.578. The van der Waals surface area contributed by atoms with E-state index < -0.39 is 16.8 Å². The van der Waals surface area contributed by atoms with Crippen LogP contribution in [0.1, 0.15) is 25.8 Å². The number of amides is 1. The molecule has 1 aromatic carbocycles. The lowest BCUT2D eigenvalue weighted by Crippen LogP contribution is -2.63. The van der Waals surface area contributed by atoms with Crippen LogP contribution in [0.15, 0.2) is 30.3 Å². The molecule has 2 fully saturated rings. The zero-order valence-electron chi connectivity index (χ0n) is 14.0. The Kier molecular flexibility index (Phi) is 4.42. The molecule has 6 heteroatoms. The first-order valence-corrected chi connectivity index (χ1v) is 8.86. The number of hydrogen-bond donors (Lipinski definition) is 0. The fraction of sp³-hybridized carbons (Fsp3) is 0.500. The lowest BCUT2D eigenvalue weighted by atomic mass is 9.87. The predicted molar refractivity (Wildman–Crippen MR) is 91.4 cm³/mol. The molecule has 1 aromatic rings. The lowest BCUT2D eigenvalue weighted by molar-refractivity contribution is -0.165. The third-order valence-electron chi connectivity index (χ3n) is 4.67. The first-order chi connectivity index (χ1) is 11.3. The van der Waals surface area contributed by atoms with E-state index in [1.807, 2.05) is 44.2 Å². The van der Waals surface area contributed by atoms with Crippen LogP contribution in [-0.2, 0) is 25.5 Å². The van der Waals surface area contributed by atoms with Gasteiger partial charge in [-0.15, -0.1) is 11.8 Å². The van der Waals surface area contributed by atoms with Gasteiger partial charge in [0.2, 0.25) is 5.91 Å². The molecule has 1 amide bonds. The molecule has 24 heavy (non-hydrogen) atoms. The van der Waals surface area contributed by atoms with Gasteiger partial charge in [-0.3, -0.25) is 9.59 Å². The monoisotopic (exact) mass is 347 g/mol. The van der Waals surface area contributed by atoms with Gasteiger partial charge >= 0.3 is 5.97 Å². The summed E-state index contributed by atoms with van der Waals surface area (Å²) in [6.07, 6.45) is 0.567. The number of Topliss-reactive ketones (excluding diaryl/α,β-unsaturated/α-hetero) is 1. The molecular formula is C18H21NO4S. The largest absolute Gasteiger partial charge is 0.467 e. The summed E-state index contributed by atoms with van der Waals surface area (Å²) in [6, 6.07) is 8.95. The molecule has 0 N–H and O–H groups in total. The number of β-lactam (4-membered cyclic amide) rings is 1. The molecule has 128 valence electrons. The van der Waals surface area contributed by atoms with E-state index in [4.69, 9.17) is 4.74 Å². The van der Waals surface area contributed by atoms with Gasteiger partial charge in [0.15, 0.2) is 0 Å². The molecule has 0 saturated carbocycles. The Morgan fingerprint density at radius 1 is 1.25 bits per heavy atom. The van der Waals surface area contributed by atoms with Crippen LogP contribution in [0.2, 0.25) is 0 Å². The van der Waals surface area contributed by atoms with E-state index in [1.165, 1.54) is 7.11 Å². The number of esters is 1. The number of carbonyl (C=O) groups is 3. The van der Waals surface area contributed by atoms with Crippen LogP contribution >= 0.6 is 11.8 Å². The molecular weight excluding hydrogens is 326 g/mol. The second kappa shape index (κ2) is 6.24. The highest BCUT2D eigenvalue weighted by Gasteiger charge is 2.63. The number of hydrogen-bond acceptors (Lipinski definition) is 5. The maximum absolute atomic E-state index is 12.5. The number of benzene rings is 1. The van der Waals surface area contributed by atoms with Crippen molar-refractivity contribution < 1.29 is 19.1 Å². The highest BCUT2D eigenvalue weighted by Crippen LogP contribution is 2.54. The summed E-state index contributed by atoms with van der Waals surface area (Å²) < 4.78 is 4.44.